The second-order valence-corrected chi connectivity index (χ2v) is 7.09. The molecule has 0 saturated heterocycles. The lowest BCUT2D eigenvalue weighted by molar-refractivity contribution is 0.102. The van der Waals surface area contributed by atoms with Crippen molar-refractivity contribution in [3.8, 4) is 34.0 Å². The van der Waals surface area contributed by atoms with Crippen molar-refractivity contribution in [2.45, 2.75) is 6.92 Å². The van der Waals surface area contributed by atoms with Crippen LogP contribution in [0, 0.1) is 12.7 Å². The van der Waals surface area contributed by atoms with Gasteiger partial charge in [0.05, 0.1) is 25.3 Å². The number of hydrogen-bond donors (Lipinski definition) is 2. The average molecular weight is 432 g/mol. The zero-order valence-corrected chi connectivity index (χ0v) is 17.8. The van der Waals surface area contributed by atoms with Gasteiger partial charge in [-0.1, -0.05) is 35.9 Å². The SMILES string of the molecule is COc1ccc(-c2nc(NC(=O)c3ccc(-c4ccc(C)cc4)cc3F)n[nH]2)c(OC)c1. The second kappa shape index (κ2) is 8.89. The number of nitrogens with zero attached hydrogens (tertiary/aromatic N) is 2. The molecule has 0 spiro atoms. The standard InChI is InChI=1S/C24H21FN4O3/c1-14-4-6-15(7-5-14)16-8-10-18(20(25)12-16)23(30)27-24-26-22(28-29-24)19-11-9-17(31-2)13-21(19)32-3/h4-13H,1-3H3,(H2,26,27,28,29,30). The average Bonchev–Trinajstić information content (AvgIpc) is 3.27. The number of aromatic amines is 1. The zero-order chi connectivity index (χ0) is 22.7. The van der Waals surface area contributed by atoms with Crippen LogP contribution >= 0.6 is 0 Å². The summed E-state index contributed by atoms with van der Waals surface area (Å²) in [6.07, 6.45) is 0. The molecule has 0 unspecified atom stereocenters. The molecule has 0 atom stereocenters. The van der Waals surface area contributed by atoms with E-state index in [0.29, 0.717) is 28.5 Å². The largest absolute Gasteiger partial charge is 0.497 e. The van der Waals surface area contributed by atoms with E-state index in [2.05, 4.69) is 20.5 Å². The van der Waals surface area contributed by atoms with Crippen LogP contribution < -0.4 is 14.8 Å². The predicted molar refractivity (Wildman–Crippen MR) is 119 cm³/mol. The van der Waals surface area contributed by atoms with Gasteiger partial charge in [-0.15, -0.1) is 5.10 Å². The predicted octanol–water partition coefficient (Wildman–Crippen LogP) is 4.86. The van der Waals surface area contributed by atoms with Crippen LogP contribution in [0.15, 0.2) is 60.7 Å². The van der Waals surface area contributed by atoms with Crippen molar-refractivity contribution in [2.24, 2.45) is 0 Å². The monoisotopic (exact) mass is 432 g/mol. The Morgan fingerprint density at radius 3 is 2.41 bits per heavy atom. The molecule has 4 rings (SSSR count). The summed E-state index contributed by atoms with van der Waals surface area (Å²) < 4.78 is 25.2. The molecule has 162 valence electrons. The number of carbonyl (C=O) groups is 1. The number of ether oxygens (including phenoxy) is 2. The lowest BCUT2D eigenvalue weighted by Crippen LogP contribution is -2.14. The normalized spacial score (nSPS) is 10.6. The van der Waals surface area contributed by atoms with E-state index < -0.39 is 11.7 Å². The van der Waals surface area contributed by atoms with Gasteiger partial charge in [-0.05, 0) is 42.3 Å². The fourth-order valence-corrected chi connectivity index (χ4v) is 3.23. The first-order valence-electron chi connectivity index (χ1n) is 9.81. The van der Waals surface area contributed by atoms with E-state index in [1.165, 1.54) is 19.2 Å². The summed E-state index contributed by atoms with van der Waals surface area (Å²) >= 11 is 0. The molecule has 0 fully saturated rings. The Balaban J connectivity index is 1.53. The molecule has 0 saturated carbocycles. The molecule has 0 bridgehead atoms. The van der Waals surface area contributed by atoms with Crippen molar-refractivity contribution >= 4 is 11.9 Å². The van der Waals surface area contributed by atoms with E-state index in [9.17, 15) is 9.18 Å². The summed E-state index contributed by atoms with van der Waals surface area (Å²) in [4.78, 5) is 16.9. The molecule has 0 aliphatic rings. The lowest BCUT2D eigenvalue weighted by Gasteiger charge is -2.08. The van der Waals surface area contributed by atoms with Gasteiger partial charge in [0.2, 0.25) is 5.95 Å². The number of methoxy groups -OCH3 is 2. The van der Waals surface area contributed by atoms with Crippen LogP contribution in [0.4, 0.5) is 10.3 Å². The fraction of sp³-hybridized carbons (Fsp3) is 0.125. The first kappa shape index (κ1) is 21.0. The number of rotatable bonds is 6. The minimum atomic E-state index is -0.648. The molecule has 8 heteroatoms. The first-order chi connectivity index (χ1) is 15.5. The third-order valence-electron chi connectivity index (χ3n) is 4.97. The number of H-pyrrole nitrogens is 1. The summed E-state index contributed by atoms with van der Waals surface area (Å²) in [6, 6.07) is 17.4. The Kier molecular flexibility index (Phi) is 5.85. The van der Waals surface area contributed by atoms with Gasteiger partial charge < -0.3 is 9.47 Å². The van der Waals surface area contributed by atoms with Gasteiger partial charge in [0, 0.05) is 6.07 Å². The van der Waals surface area contributed by atoms with E-state index in [1.807, 2.05) is 31.2 Å². The number of benzene rings is 3. The summed E-state index contributed by atoms with van der Waals surface area (Å²) in [6.45, 7) is 1.98. The molecular formula is C24H21FN4O3. The maximum Gasteiger partial charge on any atom is 0.261 e. The minimum Gasteiger partial charge on any atom is -0.497 e. The van der Waals surface area contributed by atoms with E-state index in [-0.39, 0.29) is 11.5 Å². The van der Waals surface area contributed by atoms with Crippen molar-refractivity contribution in [1.82, 2.24) is 15.2 Å². The molecule has 0 aliphatic heterocycles. The third-order valence-corrected chi connectivity index (χ3v) is 4.97. The number of carbonyl (C=O) groups excluding carboxylic acids is 1. The zero-order valence-electron chi connectivity index (χ0n) is 17.8. The Bertz CT molecular complexity index is 1270. The van der Waals surface area contributed by atoms with Crippen molar-refractivity contribution in [3.63, 3.8) is 0 Å². The van der Waals surface area contributed by atoms with Crippen LogP contribution in [0.25, 0.3) is 22.5 Å². The summed E-state index contributed by atoms with van der Waals surface area (Å²) in [5.41, 5.74) is 3.20. The highest BCUT2D eigenvalue weighted by atomic mass is 19.1. The molecule has 2 N–H and O–H groups in total. The Hall–Kier alpha value is -4.20. The minimum absolute atomic E-state index is 0.0184. The topological polar surface area (TPSA) is 89.1 Å². The maximum atomic E-state index is 14.7. The quantitative estimate of drug-likeness (QED) is 0.454. The lowest BCUT2D eigenvalue weighted by atomic mass is 10.0. The molecule has 4 aromatic rings. The van der Waals surface area contributed by atoms with Crippen LogP contribution in [-0.4, -0.2) is 35.3 Å². The fourth-order valence-electron chi connectivity index (χ4n) is 3.23. The van der Waals surface area contributed by atoms with E-state index in [0.717, 1.165) is 11.1 Å². The number of anilines is 1. The highest BCUT2D eigenvalue weighted by Crippen LogP contribution is 2.31. The number of hydrogen-bond acceptors (Lipinski definition) is 5. The number of nitrogens with one attached hydrogen (secondary N) is 2. The summed E-state index contributed by atoms with van der Waals surface area (Å²) in [5.74, 6) is 0.276. The van der Waals surface area contributed by atoms with Gasteiger partial charge in [-0.2, -0.15) is 4.98 Å². The molecule has 1 amide bonds. The molecule has 1 aromatic heterocycles. The molecule has 0 radical (unpaired) electrons. The van der Waals surface area contributed by atoms with Crippen LogP contribution in [0.5, 0.6) is 11.5 Å². The maximum absolute atomic E-state index is 14.7. The second-order valence-electron chi connectivity index (χ2n) is 7.09. The highest BCUT2D eigenvalue weighted by molar-refractivity contribution is 6.03. The van der Waals surface area contributed by atoms with E-state index in [1.54, 1.807) is 31.4 Å². The van der Waals surface area contributed by atoms with Crippen LogP contribution in [0.3, 0.4) is 0 Å². The molecule has 3 aromatic carbocycles. The van der Waals surface area contributed by atoms with Crippen molar-refractivity contribution in [3.05, 3.63) is 77.6 Å². The van der Waals surface area contributed by atoms with Crippen molar-refractivity contribution in [1.29, 1.82) is 0 Å². The van der Waals surface area contributed by atoms with Gasteiger partial charge in [0.1, 0.15) is 17.3 Å². The van der Waals surface area contributed by atoms with Gasteiger partial charge >= 0.3 is 0 Å². The Morgan fingerprint density at radius 1 is 0.969 bits per heavy atom. The molecular weight excluding hydrogens is 411 g/mol. The molecule has 32 heavy (non-hydrogen) atoms. The van der Waals surface area contributed by atoms with Gasteiger partial charge in [-0.25, -0.2) is 4.39 Å². The number of aromatic nitrogens is 3. The molecule has 1 heterocycles. The van der Waals surface area contributed by atoms with Crippen LogP contribution in [0.1, 0.15) is 15.9 Å². The highest BCUT2D eigenvalue weighted by Gasteiger charge is 2.17. The smallest absolute Gasteiger partial charge is 0.261 e. The van der Waals surface area contributed by atoms with Crippen LogP contribution in [0.2, 0.25) is 0 Å². The van der Waals surface area contributed by atoms with E-state index >= 15 is 0 Å². The number of aryl methyl sites for hydroxylation is 1. The number of halogens is 1. The Labute approximate surface area is 184 Å². The molecule has 7 nitrogen and oxygen atoms in total. The first-order valence-corrected chi connectivity index (χ1v) is 9.81. The van der Waals surface area contributed by atoms with Gasteiger partial charge in [0.25, 0.3) is 5.91 Å². The van der Waals surface area contributed by atoms with E-state index in [4.69, 9.17) is 9.47 Å². The number of amides is 1. The van der Waals surface area contributed by atoms with Crippen LogP contribution in [-0.2, 0) is 0 Å². The Morgan fingerprint density at radius 2 is 1.72 bits per heavy atom. The van der Waals surface area contributed by atoms with Gasteiger partial charge in [-0.3, -0.25) is 15.2 Å². The van der Waals surface area contributed by atoms with Gasteiger partial charge in [0.15, 0.2) is 5.82 Å². The third kappa shape index (κ3) is 4.29. The summed E-state index contributed by atoms with van der Waals surface area (Å²) in [7, 11) is 3.09. The molecule has 0 aliphatic carbocycles. The summed E-state index contributed by atoms with van der Waals surface area (Å²) in [5, 5.41) is 9.27. The van der Waals surface area contributed by atoms with Crippen molar-refractivity contribution < 1.29 is 18.7 Å². The van der Waals surface area contributed by atoms with Crippen molar-refractivity contribution in [2.75, 3.05) is 19.5 Å².